The highest BCUT2D eigenvalue weighted by Gasteiger charge is 2.12. The standard InChI is InChI=1S/C37H29NO2/c1-2-37(39)40-35-26-22-32(23-27-35)36(31-14-8-4-9-15-31)28-38(33-16-10-5-11-17-33)34-24-20-30(21-25-34)19-18-29-12-6-3-7-13-29/h2-28H,1H2/b19-18?,36-28+. The van der Waals surface area contributed by atoms with Crippen molar-refractivity contribution in [3.8, 4) is 5.75 Å². The maximum Gasteiger partial charge on any atom is 0.335 e. The van der Waals surface area contributed by atoms with E-state index < -0.39 is 5.97 Å². The van der Waals surface area contributed by atoms with Crippen molar-refractivity contribution in [3.05, 3.63) is 181 Å². The summed E-state index contributed by atoms with van der Waals surface area (Å²) in [6, 6.07) is 46.9. The highest BCUT2D eigenvalue weighted by atomic mass is 16.5. The molecule has 0 radical (unpaired) electrons. The van der Waals surface area contributed by atoms with Crippen LogP contribution in [0.4, 0.5) is 11.4 Å². The van der Waals surface area contributed by atoms with Gasteiger partial charge in [-0.1, -0.05) is 122 Å². The molecule has 0 heterocycles. The van der Waals surface area contributed by atoms with Crippen LogP contribution in [-0.2, 0) is 4.79 Å². The summed E-state index contributed by atoms with van der Waals surface area (Å²) < 4.78 is 5.29. The number of ether oxygens (including phenoxy) is 1. The van der Waals surface area contributed by atoms with Crippen molar-refractivity contribution in [1.82, 2.24) is 0 Å². The lowest BCUT2D eigenvalue weighted by atomic mass is 9.98. The molecule has 0 saturated heterocycles. The fraction of sp³-hybridized carbons (Fsp3) is 0. The van der Waals surface area contributed by atoms with Crippen LogP contribution in [0.1, 0.15) is 22.3 Å². The van der Waals surface area contributed by atoms with Crippen LogP contribution in [0, 0.1) is 0 Å². The van der Waals surface area contributed by atoms with E-state index in [9.17, 15) is 4.79 Å². The van der Waals surface area contributed by atoms with E-state index in [0.29, 0.717) is 5.75 Å². The van der Waals surface area contributed by atoms with E-state index in [1.807, 2.05) is 66.7 Å². The van der Waals surface area contributed by atoms with Crippen molar-refractivity contribution in [1.29, 1.82) is 0 Å². The third kappa shape index (κ3) is 6.72. The number of nitrogens with zero attached hydrogens (tertiary/aromatic N) is 1. The topological polar surface area (TPSA) is 29.5 Å². The lowest BCUT2D eigenvalue weighted by Gasteiger charge is -2.23. The first-order valence-electron chi connectivity index (χ1n) is 13.1. The van der Waals surface area contributed by atoms with Gasteiger partial charge in [-0.05, 0) is 58.7 Å². The van der Waals surface area contributed by atoms with Gasteiger partial charge in [-0.25, -0.2) is 4.79 Å². The van der Waals surface area contributed by atoms with Gasteiger partial charge < -0.3 is 9.64 Å². The third-order valence-electron chi connectivity index (χ3n) is 6.37. The molecule has 40 heavy (non-hydrogen) atoms. The number of anilines is 2. The van der Waals surface area contributed by atoms with Crippen LogP contribution in [0.15, 0.2) is 158 Å². The fourth-order valence-corrected chi connectivity index (χ4v) is 4.31. The lowest BCUT2D eigenvalue weighted by molar-refractivity contribution is -0.128. The molecule has 3 nitrogen and oxygen atoms in total. The Bertz CT molecular complexity index is 1600. The second-order valence-electron chi connectivity index (χ2n) is 9.10. The second-order valence-corrected chi connectivity index (χ2v) is 9.10. The molecule has 5 aromatic rings. The van der Waals surface area contributed by atoms with Gasteiger partial charge in [0, 0.05) is 29.2 Å². The molecular weight excluding hydrogens is 490 g/mol. The van der Waals surface area contributed by atoms with Gasteiger partial charge in [-0.3, -0.25) is 0 Å². The van der Waals surface area contributed by atoms with Gasteiger partial charge in [0.05, 0.1) is 0 Å². The Morgan fingerprint density at radius 2 is 1.07 bits per heavy atom. The molecule has 0 amide bonds. The zero-order chi connectivity index (χ0) is 27.6. The van der Waals surface area contributed by atoms with Gasteiger partial charge in [-0.2, -0.15) is 0 Å². The Kier molecular flexibility index (Phi) is 8.45. The van der Waals surface area contributed by atoms with E-state index in [4.69, 9.17) is 4.74 Å². The molecule has 0 saturated carbocycles. The van der Waals surface area contributed by atoms with Crippen molar-refractivity contribution in [2.45, 2.75) is 0 Å². The first-order chi connectivity index (χ1) is 19.7. The number of carbonyl (C=O) groups excluding carboxylic acids is 1. The van der Waals surface area contributed by atoms with Gasteiger partial charge in [0.15, 0.2) is 0 Å². The molecule has 0 unspecified atom stereocenters. The monoisotopic (exact) mass is 519 g/mol. The zero-order valence-electron chi connectivity index (χ0n) is 22.1. The second kappa shape index (κ2) is 12.9. The molecular formula is C37H29NO2. The molecule has 194 valence electrons. The summed E-state index contributed by atoms with van der Waals surface area (Å²) >= 11 is 0. The summed E-state index contributed by atoms with van der Waals surface area (Å²) in [5.41, 5.74) is 7.46. The van der Waals surface area contributed by atoms with Crippen LogP contribution in [0.3, 0.4) is 0 Å². The third-order valence-corrected chi connectivity index (χ3v) is 6.37. The first kappa shape index (κ1) is 26.2. The Morgan fingerprint density at radius 3 is 1.68 bits per heavy atom. The summed E-state index contributed by atoms with van der Waals surface area (Å²) in [6.45, 7) is 3.47. The molecule has 0 aliphatic carbocycles. The van der Waals surface area contributed by atoms with Crippen LogP contribution in [-0.4, -0.2) is 5.97 Å². The van der Waals surface area contributed by atoms with Gasteiger partial charge in [0.1, 0.15) is 5.75 Å². The molecule has 0 spiro atoms. The SMILES string of the molecule is C=CC(=O)Oc1ccc(/C(=C/N(c2ccccc2)c2ccc(C=Cc3ccccc3)cc2)c2ccccc2)cc1. The predicted molar refractivity (Wildman–Crippen MR) is 166 cm³/mol. The Morgan fingerprint density at radius 1 is 0.575 bits per heavy atom. The predicted octanol–water partition coefficient (Wildman–Crippen LogP) is 9.18. The van der Waals surface area contributed by atoms with Crippen LogP contribution >= 0.6 is 0 Å². The van der Waals surface area contributed by atoms with E-state index in [0.717, 1.165) is 39.7 Å². The Hall–Kier alpha value is -5.41. The van der Waals surface area contributed by atoms with Crippen LogP contribution < -0.4 is 9.64 Å². The van der Waals surface area contributed by atoms with Crippen molar-refractivity contribution in [3.63, 3.8) is 0 Å². The summed E-state index contributed by atoms with van der Waals surface area (Å²) in [5.74, 6) is -0.0102. The number of rotatable bonds is 9. The summed E-state index contributed by atoms with van der Waals surface area (Å²) in [5, 5.41) is 0. The van der Waals surface area contributed by atoms with Gasteiger partial charge in [-0.15, -0.1) is 0 Å². The van der Waals surface area contributed by atoms with Gasteiger partial charge in [0.25, 0.3) is 0 Å². The van der Waals surface area contributed by atoms with Gasteiger partial charge >= 0.3 is 5.97 Å². The van der Waals surface area contributed by atoms with Crippen LogP contribution in [0.25, 0.3) is 17.7 Å². The summed E-state index contributed by atoms with van der Waals surface area (Å²) in [4.78, 5) is 13.8. The number of para-hydroxylation sites is 1. The molecule has 5 aromatic carbocycles. The molecule has 0 aromatic heterocycles. The average molecular weight is 520 g/mol. The molecule has 0 fully saturated rings. The molecule has 5 rings (SSSR count). The smallest absolute Gasteiger partial charge is 0.335 e. The van der Waals surface area contributed by atoms with E-state index in [1.54, 1.807) is 12.1 Å². The largest absolute Gasteiger partial charge is 0.423 e. The van der Waals surface area contributed by atoms with Gasteiger partial charge in [0.2, 0.25) is 0 Å². The molecule has 0 N–H and O–H groups in total. The Balaban J connectivity index is 1.54. The summed E-state index contributed by atoms with van der Waals surface area (Å²) in [6.07, 6.45) is 7.55. The zero-order valence-corrected chi connectivity index (χ0v) is 22.1. The number of carbonyl (C=O) groups is 1. The number of benzene rings is 5. The molecule has 0 bridgehead atoms. The van der Waals surface area contributed by atoms with Crippen LogP contribution in [0.2, 0.25) is 0 Å². The minimum Gasteiger partial charge on any atom is -0.423 e. The van der Waals surface area contributed by atoms with Crippen molar-refractivity contribution >= 4 is 35.1 Å². The highest BCUT2D eigenvalue weighted by molar-refractivity contribution is 5.85. The highest BCUT2D eigenvalue weighted by Crippen LogP contribution is 2.32. The van der Waals surface area contributed by atoms with Crippen LogP contribution in [0.5, 0.6) is 5.75 Å². The maximum atomic E-state index is 11.7. The van der Waals surface area contributed by atoms with E-state index in [2.05, 4.69) is 90.5 Å². The molecule has 0 atom stereocenters. The number of hydrogen-bond acceptors (Lipinski definition) is 3. The molecule has 0 aliphatic heterocycles. The number of esters is 1. The maximum absolute atomic E-state index is 11.7. The lowest BCUT2D eigenvalue weighted by Crippen LogP contribution is -2.10. The minimum atomic E-state index is -0.483. The minimum absolute atomic E-state index is 0.472. The molecule has 0 aliphatic rings. The quantitative estimate of drug-likeness (QED) is 0.0841. The van der Waals surface area contributed by atoms with Crippen molar-refractivity contribution in [2.75, 3.05) is 4.90 Å². The van der Waals surface area contributed by atoms with E-state index >= 15 is 0 Å². The first-order valence-corrected chi connectivity index (χ1v) is 13.1. The van der Waals surface area contributed by atoms with Crippen molar-refractivity contribution in [2.24, 2.45) is 0 Å². The average Bonchev–Trinajstić information content (AvgIpc) is 3.03. The molecule has 3 heteroatoms. The fourth-order valence-electron chi connectivity index (χ4n) is 4.31. The summed E-state index contributed by atoms with van der Waals surface area (Å²) in [7, 11) is 0. The Labute approximate surface area is 235 Å². The van der Waals surface area contributed by atoms with E-state index in [-0.39, 0.29) is 0 Å². The normalized spacial score (nSPS) is 11.2. The van der Waals surface area contributed by atoms with E-state index in [1.165, 1.54) is 5.56 Å². The van der Waals surface area contributed by atoms with Crippen molar-refractivity contribution < 1.29 is 9.53 Å². The number of hydrogen-bond donors (Lipinski definition) is 0.